The van der Waals surface area contributed by atoms with Crippen LogP contribution in [0.4, 0.5) is 8.78 Å². The third kappa shape index (κ3) is 3.03. The number of benzene rings is 1. The Hall–Kier alpha value is -2.28. The number of rotatable bonds is 3. The highest BCUT2D eigenvalue weighted by Crippen LogP contribution is 2.34. The van der Waals surface area contributed by atoms with Gasteiger partial charge in [-0.15, -0.1) is 0 Å². The number of aliphatic hydroxyl groups is 1. The summed E-state index contributed by atoms with van der Waals surface area (Å²) < 4.78 is 32.6. The molecular formula is C17H18F2N2O3. The van der Waals surface area contributed by atoms with E-state index in [1.54, 1.807) is 13.8 Å². The van der Waals surface area contributed by atoms with Crippen molar-refractivity contribution in [1.82, 2.24) is 10.1 Å². The number of carbonyl (C=O) groups is 1. The van der Waals surface area contributed by atoms with Gasteiger partial charge in [0.1, 0.15) is 17.4 Å². The average Bonchev–Trinajstić information content (AvgIpc) is 3.07. The minimum Gasteiger partial charge on any atom is -0.391 e. The summed E-state index contributed by atoms with van der Waals surface area (Å²) in [6.45, 7) is 3.54. The molecule has 0 radical (unpaired) electrons. The fourth-order valence-corrected chi connectivity index (χ4v) is 3.16. The van der Waals surface area contributed by atoms with Crippen molar-refractivity contribution in [1.29, 1.82) is 0 Å². The van der Waals surface area contributed by atoms with E-state index in [1.807, 2.05) is 0 Å². The number of aryl methyl sites for hydroxylation is 2. The zero-order valence-corrected chi connectivity index (χ0v) is 13.4. The van der Waals surface area contributed by atoms with Crippen molar-refractivity contribution < 1.29 is 23.2 Å². The van der Waals surface area contributed by atoms with Gasteiger partial charge in [0.15, 0.2) is 0 Å². The standard InChI is InChI=1S/C17H18F2N2O3/c1-9-13(10(2)24-20-9)7-17(23)21-8-12(22)6-16(21)14-5-11(18)3-4-15(14)19/h3-5,12,16,22H,6-8H2,1-2H3. The number of hydrogen-bond acceptors (Lipinski definition) is 4. The number of carbonyl (C=O) groups excluding carboxylic acids is 1. The Morgan fingerprint density at radius 1 is 1.42 bits per heavy atom. The lowest BCUT2D eigenvalue weighted by Gasteiger charge is -2.25. The Kier molecular flexibility index (Phi) is 4.36. The predicted molar refractivity (Wildman–Crippen MR) is 81.1 cm³/mol. The van der Waals surface area contributed by atoms with Crippen molar-refractivity contribution in [2.24, 2.45) is 0 Å². The summed E-state index contributed by atoms with van der Waals surface area (Å²) in [4.78, 5) is 14.1. The van der Waals surface area contributed by atoms with Crippen LogP contribution in [0.15, 0.2) is 22.7 Å². The summed E-state index contributed by atoms with van der Waals surface area (Å²) in [5.74, 6) is -0.903. The molecule has 1 amide bonds. The second-order valence-electron chi connectivity index (χ2n) is 6.10. The smallest absolute Gasteiger partial charge is 0.227 e. The highest BCUT2D eigenvalue weighted by molar-refractivity contribution is 5.80. The maximum Gasteiger partial charge on any atom is 0.227 e. The molecule has 5 nitrogen and oxygen atoms in total. The summed E-state index contributed by atoms with van der Waals surface area (Å²) in [7, 11) is 0. The van der Waals surface area contributed by atoms with Gasteiger partial charge in [-0.3, -0.25) is 4.79 Å². The molecule has 1 aromatic heterocycles. The summed E-state index contributed by atoms with van der Waals surface area (Å²) in [5.41, 5.74) is 1.38. The lowest BCUT2D eigenvalue weighted by molar-refractivity contribution is -0.131. The normalized spacial score (nSPS) is 20.6. The van der Waals surface area contributed by atoms with Gasteiger partial charge in [-0.2, -0.15) is 0 Å². The Morgan fingerprint density at radius 3 is 2.83 bits per heavy atom. The van der Waals surface area contributed by atoms with Gasteiger partial charge in [0.2, 0.25) is 5.91 Å². The molecule has 0 spiro atoms. The molecule has 1 fully saturated rings. The van der Waals surface area contributed by atoms with Crippen molar-refractivity contribution in [3.63, 3.8) is 0 Å². The van der Waals surface area contributed by atoms with Crippen LogP contribution in [0.3, 0.4) is 0 Å². The van der Waals surface area contributed by atoms with Crippen molar-refractivity contribution in [3.05, 3.63) is 52.4 Å². The van der Waals surface area contributed by atoms with Gasteiger partial charge in [-0.25, -0.2) is 8.78 Å². The Morgan fingerprint density at radius 2 is 2.17 bits per heavy atom. The number of aromatic nitrogens is 1. The van der Waals surface area contributed by atoms with Gasteiger partial charge in [-0.1, -0.05) is 5.16 Å². The number of nitrogens with zero attached hydrogens (tertiary/aromatic N) is 2. The SMILES string of the molecule is Cc1noc(C)c1CC(=O)N1CC(O)CC1c1cc(F)ccc1F. The zero-order valence-electron chi connectivity index (χ0n) is 13.4. The van der Waals surface area contributed by atoms with Gasteiger partial charge in [0.05, 0.1) is 24.3 Å². The molecule has 0 saturated carbocycles. The van der Waals surface area contributed by atoms with Gasteiger partial charge in [-0.05, 0) is 38.5 Å². The van der Waals surface area contributed by atoms with Crippen LogP contribution in [0, 0.1) is 25.5 Å². The Labute approximate surface area is 137 Å². The third-order valence-electron chi connectivity index (χ3n) is 4.43. The average molecular weight is 336 g/mol. The minimum absolute atomic E-state index is 0.0430. The number of likely N-dealkylation sites (tertiary alicyclic amines) is 1. The second kappa shape index (κ2) is 6.32. The van der Waals surface area contributed by atoms with Crippen LogP contribution in [0.1, 0.15) is 35.0 Å². The first-order valence-corrected chi connectivity index (χ1v) is 7.71. The number of β-amino-alcohol motifs (C(OH)–C–C–N with tert-alkyl or cyclic N) is 1. The molecule has 3 rings (SSSR count). The first kappa shape index (κ1) is 16.6. The minimum atomic E-state index is -0.772. The molecule has 1 N–H and O–H groups in total. The molecule has 24 heavy (non-hydrogen) atoms. The molecule has 1 aromatic carbocycles. The molecule has 2 atom stereocenters. The summed E-state index contributed by atoms with van der Waals surface area (Å²) >= 11 is 0. The monoisotopic (exact) mass is 336 g/mol. The third-order valence-corrected chi connectivity index (χ3v) is 4.43. The van der Waals surface area contributed by atoms with E-state index in [1.165, 1.54) is 4.90 Å². The summed E-state index contributed by atoms with van der Waals surface area (Å²) in [5, 5.41) is 13.7. The van der Waals surface area contributed by atoms with Crippen LogP contribution in [0.25, 0.3) is 0 Å². The van der Waals surface area contributed by atoms with Crippen molar-refractivity contribution in [2.45, 2.75) is 38.8 Å². The van der Waals surface area contributed by atoms with Gasteiger partial charge < -0.3 is 14.5 Å². The van der Waals surface area contributed by atoms with Crippen LogP contribution >= 0.6 is 0 Å². The number of amides is 1. The number of halogens is 2. The maximum atomic E-state index is 14.1. The highest BCUT2D eigenvalue weighted by atomic mass is 19.1. The van der Waals surface area contributed by atoms with Crippen LogP contribution in [-0.2, 0) is 11.2 Å². The van der Waals surface area contributed by atoms with Crippen molar-refractivity contribution in [2.75, 3.05) is 6.54 Å². The summed E-state index contributed by atoms with van der Waals surface area (Å²) in [6, 6.07) is 2.45. The van der Waals surface area contributed by atoms with E-state index in [2.05, 4.69) is 5.16 Å². The molecule has 1 aliphatic rings. The molecular weight excluding hydrogens is 318 g/mol. The van der Waals surface area contributed by atoms with E-state index in [0.717, 1.165) is 18.2 Å². The lowest BCUT2D eigenvalue weighted by Crippen LogP contribution is -2.33. The molecule has 0 aliphatic carbocycles. The number of aliphatic hydroxyl groups excluding tert-OH is 1. The second-order valence-corrected chi connectivity index (χ2v) is 6.10. The van der Waals surface area contributed by atoms with Crippen LogP contribution in [0.5, 0.6) is 0 Å². The Balaban J connectivity index is 1.88. The van der Waals surface area contributed by atoms with Crippen molar-refractivity contribution in [3.8, 4) is 0 Å². The largest absolute Gasteiger partial charge is 0.391 e. The molecule has 2 unspecified atom stereocenters. The quantitative estimate of drug-likeness (QED) is 0.935. The van der Waals surface area contributed by atoms with E-state index in [4.69, 9.17) is 4.52 Å². The number of hydrogen-bond donors (Lipinski definition) is 1. The summed E-state index contributed by atoms with van der Waals surface area (Å²) in [6.07, 6.45) is -0.555. The molecule has 7 heteroatoms. The van der Waals surface area contributed by atoms with Gasteiger partial charge >= 0.3 is 0 Å². The van der Waals surface area contributed by atoms with Gasteiger partial charge in [0, 0.05) is 17.7 Å². The Bertz CT molecular complexity index is 756. The first-order chi connectivity index (χ1) is 11.4. The molecule has 2 heterocycles. The molecule has 1 saturated heterocycles. The van der Waals surface area contributed by atoms with Crippen LogP contribution in [-0.4, -0.2) is 33.7 Å². The van der Waals surface area contributed by atoms with E-state index in [-0.39, 0.29) is 30.9 Å². The highest BCUT2D eigenvalue weighted by Gasteiger charge is 2.37. The van der Waals surface area contributed by atoms with Gasteiger partial charge in [0.25, 0.3) is 0 Å². The first-order valence-electron chi connectivity index (χ1n) is 7.71. The van der Waals surface area contributed by atoms with E-state index >= 15 is 0 Å². The zero-order chi connectivity index (χ0) is 17.4. The van der Waals surface area contributed by atoms with Crippen molar-refractivity contribution >= 4 is 5.91 Å². The maximum absolute atomic E-state index is 14.1. The fourth-order valence-electron chi connectivity index (χ4n) is 3.16. The van der Waals surface area contributed by atoms with E-state index < -0.39 is 23.8 Å². The molecule has 0 bridgehead atoms. The molecule has 128 valence electrons. The predicted octanol–water partition coefficient (Wildman–Crippen LogP) is 2.45. The van der Waals surface area contributed by atoms with Crippen LogP contribution in [0.2, 0.25) is 0 Å². The molecule has 1 aliphatic heterocycles. The molecule has 2 aromatic rings. The van der Waals surface area contributed by atoms with E-state index in [9.17, 15) is 18.7 Å². The fraction of sp³-hybridized carbons (Fsp3) is 0.412. The van der Waals surface area contributed by atoms with E-state index in [0.29, 0.717) is 17.0 Å². The van der Waals surface area contributed by atoms with Crippen LogP contribution < -0.4 is 0 Å². The lowest BCUT2D eigenvalue weighted by atomic mass is 10.0. The topological polar surface area (TPSA) is 66.6 Å².